The summed E-state index contributed by atoms with van der Waals surface area (Å²) in [5.41, 5.74) is 35.2. The van der Waals surface area contributed by atoms with Gasteiger partial charge in [-0.1, -0.05) is 382 Å². The molecular formula is C132H87N3S3. The summed E-state index contributed by atoms with van der Waals surface area (Å²) in [5.74, 6) is 0. The van der Waals surface area contributed by atoms with Crippen molar-refractivity contribution in [2.45, 2.75) is 10.8 Å². The third-order valence-corrected chi connectivity index (χ3v) is 32.0. The summed E-state index contributed by atoms with van der Waals surface area (Å²) < 4.78 is 7.92. The van der Waals surface area contributed by atoms with Crippen LogP contribution in [0.2, 0.25) is 0 Å². The number of anilines is 9. The van der Waals surface area contributed by atoms with Crippen LogP contribution >= 0.6 is 34.0 Å². The van der Waals surface area contributed by atoms with E-state index in [-0.39, 0.29) is 0 Å². The number of fused-ring (bicyclic) bond motifs is 23. The van der Waals surface area contributed by atoms with Gasteiger partial charge in [0.25, 0.3) is 0 Å². The Kier molecular flexibility index (Phi) is 20.3. The maximum atomic E-state index is 2.48. The molecule has 0 saturated heterocycles. The second kappa shape index (κ2) is 34.3. The largest absolute Gasteiger partial charge is 0.311 e. The fraction of sp³-hybridized carbons (Fsp3) is 0.0152. The van der Waals surface area contributed by atoms with E-state index in [1.54, 1.807) is 0 Å². The van der Waals surface area contributed by atoms with Gasteiger partial charge >= 0.3 is 0 Å². The number of nitrogens with zero attached hydrogens (tertiary/aromatic N) is 3. The van der Waals surface area contributed by atoms with Gasteiger partial charge in [-0.05, 0) is 262 Å². The first kappa shape index (κ1) is 81.9. The molecule has 0 amide bonds. The van der Waals surface area contributed by atoms with E-state index in [0.29, 0.717) is 0 Å². The maximum Gasteiger partial charge on any atom is 0.0726 e. The van der Waals surface area contributed by atoms with Gasteiger partial charge < -0.3 is 14.7 Å². The van der Waals surface area contributed by atoms with Gasteiger partial charge in [-0.15, -0.1) is 34.0 Å². The zero-order valence-corrected chi connectivity index (χ0v) is 77.7. The van der Waals surface area contributed by atoms with E-state index >= 15 is 0 Å². The van der Waals surface area contributed by atoms with Crippen LogP contribution in [0.3, 0.4) is 0 Å². The van der Waals surface area contributed by atoms with E-state index in [4.69, 9.17) is 0 Å². The smallest absolute Gasteiger partial charge is 0.0726 e. The molecule has 1 spiro atoms. The zero-order chi connectivity index (χ0) is 91.2. The van der Waals surface area contributed by atoms with Crippen LogP contribution in [0.1, 0.15) is 44.5 Å². The Hall–Kier alpha value is -16.8. The van der Waals surface area contributed by atoms with E-state index in [1.807, 2.05) is 34.0 Å². The van der Waals surface area contributed by atoms with Crippen LogP contribution in [-0.2, 0) is 10.8 Å². The molecule has 28 rings (SSSR count). The summed E-state index contributed by atoms with van der Waals surface area (Å²) in [5, 5.41) is 10.3. The fourth-order valence-corrected chi connectivity index (χ4v) is 25.6. The van der Waals surface area contributed by atoms with Crippen molar-refractivity contribution in [3.8, 4) is 66.8 Å². The first-order chi connectivity index (χ1) is 68.4. The van der Waals surface area contributed by atoms with Crippen molar-refractivity contribution in [3.63, 3.8) is 0 Å². The first-order valence-corrected chi connectivity index (χ1v) is 49.8. The number of rotatable bonds is 14. The highest BCUT2D eigenvalue weighted by atomic mass is 32.1. The normalized spacial score (nSPS) is 12.6. The number of hydrogen-bond donors (Lipinski definition) is 0. The lowest BCUT2D eigenvalue weighted by Gasteiger charge is -2.35. The first-order valence-electron chi connectivity index (χ1n) is 47.3. The molecule has 3 nitrogen and oxygen atoms in total. The molecule has 0 bridgehead atoms. The number of para-hydroxylation sites is 1. The Bertz CT molecular complexity index is 8850. The summed E-state index contributed by atoms with van der Waals surface area (Å²) in [4.78, 5) is 7.23. The van der Waals surface area contributed by atoms with Gasteiger partial charge in [-0.25, -0.2) is 0 Å². The van der Waals surface area contributed by atoms with Crippen molar-refractivity contribution in [3.05, 3.63) is 572 Å². The van der Waals surface area contributed by atoms with Gasteiger partial charge in [-0.2, -0.15) is 0 Å². The third kappa shape index (κ3) is 13.7. The topological polar surface area (TPSA) is 9.72 Å². The van der Waals surface area contributed by atoms with Crippen molar-refractivity contribution in [1.29, 1.82) is 0 Å². The Labute approximate surface area is 814 Å². The number of hydrogen-bond acceptors (Lipinski definition) is 6. The lowest BCUT2D eigenvalue weighted by Crippen LogP contribution is -2.28. The predicted molar refractivity (Wildman–Crippen MR) is 589 cm³/mol. The number of benzene rings is 22. The highest BCUT2D eigenvalue weighted by molar-refractivity contribution is 7.26. The zero-order valence-electron chi connectivity index (χ0n) is 75.3. The van der Waals surface area contributed by atoms with Crippen molar-refractivity contribution < 1.29 is 0 Å². The molecule has 3 aliphatic carbocycles. The maximum absolute atomic E-state index is 2.48. The van der Waals surface area contributed by atoms with Gasteiger partial charge in [-0.3, -0.25) is 0 Å². The monoisotopic (exact) mass is 1810 g/mol. The van der Waals surface area contributed by atoms with Crippen LogP contribution in [0.4, 0.5) is 51.2 Å². The van der Waals surface area contributed by atoms with E-state index < -0.39 is 10.8 Å². The van der Waals surface area contributed by atoms with Crippen molar-refractivity contribution in [1.82, 2.24) is 0 Å². The molecule has 0 unspecified atom stereocenters. The summed E-state index contributed by atoms with van der Waals surface area (Å²) in [6.45, 7) is 0. The van der Waals surface area contributed by atoms with Crippen LogP contribution in [0.25, 0.3) is 138 Å². The molecule has 0 saturated carbocycles. The van der Waals surface area contributed by atoms with Gasteiger partial charge in [0.05, 0.1) is 16.5 Å². The summed E-state index contributed by atoms with van der Waals surface area (Å²) >= 11 is 5.59. The Morgan fingerprint density at radius 3 is 0.877 bits per heavy atom. The van der Waals surface area contributed by atoms with Gasteiger partial charge in [0.2, 0.25) is 0 Å². The highest BCUT2D eigenvalue weighted by Gasteiger charge is 2.52. The minimum Gasteiger partial charge on any atom is -0.311 e. The van der Waals surface area contributed by atoms with Crippen molar-refractivity contribution in [2.75, 3.05) is 14.7 Å². The summed E-state index contributed by atoms with van der Waals surface area (Å²) in [6.07, 6.45) is 0. The van der Waals surface area contributed by atoms with E-state index in [2.05, 4.69) is 542 Å². The average molecular weight is 1810 g/mol. The lowest BCUT2D eigenvalue weighted by molar-refractivity contribution is 0.768. The Morgan fingerprint density at radius 2 is 0.420 bits per heavy atom. The standard InChI is InChI=1S/C49H31NS.C47H31NS.C36H25NS/c1-2-12-32(13-3-1)33-22-24-34(25-23-33)50(35-27-29-48-42(30-35)41-17-7-11-21-47(41)51-48)36-26-28-40-39-16-6-10-20-45(39)49(46(40)31-36)43-18-8-4-14-37(43)38-15-5-9-19-44(38)49;1-3-16-33(17-4-1)47(34-18-5-2-6-19-34)42-23-11-9-21-38(42)39-28-26-36(31-43(39)47)48(44-24-13-15-32-14-7-8-20-37(32)44)35-27-29-46-41(30-35)40-22-10-12-25-45(40)49-46;1-3-9-26(10-4-1)27-15-20-31(21-16-27)37(30-11-5-2-6-12-30)32-22-17-28(18-23-32)29-19-24-36-34(25-29)33-13-7-8-14-35(33)38-36/h1-31H;1-31H;1-25H. The molecule has 6 heteroatoms. The van der Waals surface area contributed by atoms with Crippen LogP contribution < -0.4 is 14.7 Å². The SMILES string of the molecule is c1ccc(-c2ccc(N(c3ccc4c(c3)C3(c5ccccc5-c5ccccc53)c3ccccc3-4)c3ccc4sc5ccccc5c4c3)cc2)cc1.c1ccc(-c2ccc(N(c3ccccc3)c3ccc(-c4ccc5sc6ccccc6c5c4)cc3)cc2)cc1.c1ccc(C2(c3ccccc3)c3ccccc3-c3ccc(N(c4ccc5sc6ccccc6c5c4)c4cccc5ccccc45)cc32)cc1. The molecule has 3 heterocycles. The second-order valence-corrected chi connectivity index (χ2v) is 39.2. The summed E-state index contributed by atoms with van der Waals surface area (Å²) in [6, 6.07) is 193. The molecule has 0 radical (unpaired) electrons. The highest BCUT2D eigenvalue weighted by Crippen LogP contribution is 2.64. The minimum atomic E-state index is -0.470. The Balaban J connectivity index is 0.000000108. The van der Waals surface area contributed by atoms with E-state index in [1.165, 1.54) is 183 Å². The molecule has 648 valence electrons. The molecule has 138 heavy (non-hydrogen) atoms. The second-order valence-electron chi connectivity index (χ2n) is 36.0. The summed E-state index contributed by atoms with van der Waals surface area (Å²) in [7, 11) is 0. The van der Waals surface area contributed by atoms with E-state index in [9.17, 15) is 0 Å². The molecule has 0 aliphatic heterocycles. The third-order valence-electron chi connectivity index (χ3n) is 28.5. The number of thiophene rings is 3. The molecule has 3 aliphatic rings. The predicted octanol–water partition coefficient (Wildman–Crippen LogP) is 37.4. The average Bonchev–Trinajstić information content (AvgIpc) is 1.50. The van der Waals surface area contributed by atoms with Crippen LogP contribution in [0.15, 0.2) is 528 Å². The molecule has 3 aromatic heterocycles. The van der Waals surface area contributed by atoms with Gasteiger partial charge in [0.1, 0.15) is 0 Å². The van der Waals surface area contributed by atoms with Crippen molar-refractivity contribution >= 4 is 156 Å². The van der Waals surface area contributed by atoms with E-state index in [0.717, 1.165) is 51.2 Å². The molecular weight excluding hydrogens is 1720 g/mol. The Morgan fingerprint density at radius 1 is 0.145 bits per heavy atom. The molecule has 22 aromatic carbocycles. The minimum absolute atomic E-state index is 0.397. The van der Waals surface area contributed by atoms with Gasteiger partial charge in [0, 0.05) is 111 Å². The van der Waals surface area contributed by atoms with Crippen LogP contribution in [0.5, 0.6) is 0 Å². The molecule has 0 atom stereocenters. The fourth-order valence-electron chi connectivity index (χ4n) is 22.4. The van der Waals surface area contributed by atoms with Crippen LogP contribution in [0, 0.1) is 0 Å². The lowest BCUT2D eigenvalue weighted by atomic mass is 9.67. The van der Waals surface area contributed by atoms with Crippen LogP contribution in [-0.4, -0.2) is 0 Å². The van der Waals surface area contributed by atoms with Crippen molar-refractivity contribution in [2.24, 2.45) is 0 Å². The molecule has 0 N–H and O–H groups in total. The molecule has 25 aromatic rings. The van der Waals surface area contributed by atoms with Gasteiger partial charge in [0.15, 0.2) is 0 Å². The molecule has 0 fully saturated rings. The quantitative estimate of drug-likeness (QED) is 0.107.